The summed E-state index contributed by atoms with van der Waals surface area (Å²) in [5.74, 6) is -2.71. The predicted octanol–water partition coefficient (Wildman–Crippen LogP) is 1.77. The quantitative estimate of drug-likeness (QED) is 0.287. The number of anilines is 1. The first-order chi connectivity index (χ1) is 17.1. The van der Waals surface area contributed by atoms with Crippen molar-refractivity contribution in [3.8, 4) is 0 Å². The molecule has 0 saturated carbocycles. The number of carbonyl (C=O) groups excluding carboxylic acids is 5. The maximum atomic E-state index is 13.1. The number of rotatable bonds is 13. The molecule has 1 aromatic carbocycles. The zero-order chi connectivity index (χ0) is 26.8. The number of hydroxylamine groups is 2. The molecule has 0 bridgehead atoms. The number of hydrogen-bond acceptors (Lipinski definition) is 7. The molecule has 1 fully saturated rings. The maximum Gasteiger partial charge on any atom is 0.355 e. The topological polar surface area (TPSA) is 125 Å². The Bertz CT molecular complexity index is 934. The first-order valence-corrected chi connectivity index (χ1v) is 12.7. The summed E-state index contributed by atoms with van der Waals surface area (Å²) in [6, 6.07) is 5.33. The Morgan fingerprint density at radius 2 is 1.56 bits per heavy atom. The van der Waals surface area contributed by atoms with Gasteiger partial charge in [0.1, 0.15) is 12.1 Å². The van der Waals surface area contributed by atoms with Crippen LogP contribution in [0.4, 0.5) is 5.69 Å². The Labute approximate surface area is 220 Å². The summed E-state index contributed by atoms with van der Waals surface area (Å²) >= 11 is 11.7. The number of imide groups is 1. The van der Waals surface area contributed by atoms with Gasteiger partial charge in [-0.25, -0.2) is 4.79 Å². The average molecular weight is 543 g/mol. The summed E-state index contributed by atoms with van der Waals surface area (Å²) in [5, 5.41) is 5.64. The molecule has 1 aliphatic rings. The van der Waals surface area contributed by atoms with Crippen LogP contribution in [0, 0.1) is 5.92 Å². The first kappa shape index (κ1) is 29.4. The largest absolute Gasteiger partial charge is 0.369 e. The number of nitrogens with zero attached hydrogens (tertiary/aromatic N) is 2. The molecule has 10 nitrogen and oxygen atoms in total. The molecule has 0 aromatic heterocycles. The van der Waals surface area contributed by atoms with Crippen molar-refractivity contribution < 1.29 is 28.8 Å². The second kappa shape index (κ2) is 14.0. The average Bonchev–Trinajstić information content (AvgIpc) is 3.13. The summed E-state index contributed by atoms with van der Waals surface area (Å²) in [6.07, 6.45) is 0.0904. The molecule has 0 unspecified atom stereocenters. The first-order valence-electron chi connectivity index (χ1n) is 11.7. The van der Waals surface area contributed by atoms with Crippen molar-refractivity contribution >= 4 is 58.5 Å². The van der Waals surface area contributed by atoms with Crippen LogP contribution in [-0.4, -0.2) is 71.6 Å². The highest BCUT2D eigenvalue weighted by atomic mass is 35.5. The SMILES string of the molecule is CC(=O)N[C@@H](Cc1ccc(N(CCCl)CCCl)cc1)C(=O)N[C@@H](C(=O)ON1C(=O)CCC1=O)C(C)C. The predicted molar refractivity (Wildman–Crippen MR) is 135 cm³/mol. The van der Waals surface area contributed by atoms with E-state index in [-0.39, 0.29) is 19.3 Å². The number of nitrogens with one attached hydrogen (secondary N) is 2. The van der Waals surface area contributed by atoms with Gasteiger partial charge in [-0.15, -0.1) is 28.3 Å². The van der Waals surface area contributed by atoms with Gasteiger partial charge in [-0.3, -0.25) is 19.2 Å². The standard InChI is InChI=1S/C24H32Cl2N4O6/c1-15(2)22(24(35)36-30-20(32)8-9-21(30)33)28-23(34)19(27-16(3)31)14-17-4-6-18(7-5-17)29(12-10-25)13-11-26/h4-7,15,19,22H,8-14H2,1-3H3,(H,27,31)(H,28,34)/t19-,22+/m0/s1. The van der Waals surface area contributed by atoms with E-state index in [0.717, 1.165) is 11.3 Å². The van der Waals surface area contributed by atoms with E-state index in [0.29, 0.717) is 29.9 Å². The lowest BCUT2D eigenvalue weighted by molar-refractivity contribution is -0.199. The molecule has 1 heterocycles. The number of alkyl halides is 2. The molecule has 2 N–H and O–H groups in total. The van der Waals surface area contributed by atoms with Crippen LogP contribution in [0.2, 0.25) is 0 Å². The number of carbonyl (C=O) groups is 5. The van der Waals surface area contributed by atoms with E-state index in [1.54, 1.807) is 13.8 Å². The molecule has 12 heteroatoms. The molecular formula is C24H32Cl2N4O6. The Hall–Kier alpha value is -2.85. The highest BCUT2D eigenvalue weighted by Crippen LogP contribution is 2.18. The van der Waals surface area contributed by atoms with E-state index in [4.69, 9.17) is 28.0 Å². The van der Waals surface area contributed by atoms with E-state index in [9.17, 15) is 24.0 Å². The van der Waals surface area contributed by atoms with Crippen LogP contribution in [0.3, 0.4) is 0 Å². The molecule has 0 spiro atoms. The minimum absolute atomic E-state index is 0.0380. The van der Waals surface area contributed by atoms with Gasteiger partial charge in [0, 0.05) is 56.7 Å². The fourth-order valence-electron chi connectivity index (χ4n) is 3.66. The van der Waals surface area contributed by atoms with Crippen molar-refractivity contribution in [1.82, 2.24) is 15.7 Å². The van der Waals surface area contributed by atoms with E-state index >= 15 is 0 Å². The highest BCUT2D eigenvalue weighted by Gasteiger charge is 2.37. The van der Waals surface area contributed by atoms with Gasteiger partial charge < -0.3 is 20.4 Å². The summed E-state index contributed by atoms with van der Waals surface area (Å²) in [5.41, 5.74) is 1.70. The minimum Gasteiger partial charge on any atom is -0.369 e. The van der Waals surface area contributed by atoms with Crippen LogP contribution in [-0.2, 0) is 35.2 Å². The van der Waals surface area contributed by atoms with Gasteiger partial charge in [-0.2, -0.15) is 0 Å². The van der Waals surface area contributed by atoms with Crippen molar-refractivity contribution in [2.24, 2.45) is 5.92 Å². The fraction of sp³-hybridized carbons (Fsp3) is 0.542. The van der Waals surface area contributed by atoms with E-state index in [1.165, 1.54) is 6.92 Å². The normalized spacial score (nSPS) is 15.0. The highest BCUT2D eigenvalue weighted by molar-refractivity contribution is 6.18. The number of amides is 4. The molecule has 1 aliphatic heterocycles. The molecule has 36 heavy (non-hydrogen) atoms. The number of benzene rings is 1. The van der Waals surface area contributed by atoms with Gasteiger partial charge in [-0.1, -0.05) is 26.0 Å². The minimum atomic E-state index is -1.14. The second-order valence-electron chi connectivity index (χ2n) is 8.71. The lowest BCUT2D eigenvalue weighted by Crippen LogP contribution is -2.54. The third-order valence-corrected chi connectivity index (χ3v) is 5.89. The van der Waals surface area contributed by atoms with Gasteiger partial charge in [0.2, 0.25) is 11.8 Å². The lowest BCUT2D eigenvalue weighted by Gasteiger charge is -2.26. The van der Waals surface area contributed by atoms with Crippen LogP contribution < -0.4 is 15.5 Å². The van der Waals surface area contributed by atoms with Crippen molar-refractivity contribution in [2.45, 2.75) is 52.1 Å². The van der Waals surface area contributed by atoms with Gasteiger partial charge in [0.05, 0.1) is 0 Å². The molecule has 198 valence electrons. The van der Waals surface area contributed by atoms with Gasteiger partial charge in [0.25, 0.3) is 11.8 Å². The Balaban J connectivity index is 2.12. The molecule has 1 saturated heterocycles. The molecule has 2 rings (SSSR count). The summed E-state index contributed by atoms with van der Waals surface area (Å²) < 4.78 is 0. The molecular weight excluding hydrogens is 511 g/mol. The third-order valence-electron chi connectivity index (χ3n) is 5.55. The summed E-state index contributed by atoms with van der Waals surface area (Å²) in [6.45, 7) is 5.91. The molecule has 0 aliphatic carbocycles. The van der Waals surface area contributed by atoms with Crippen LogP contribution in [0.15, 0.2) is 24.3 Å². The molecule has 2 atom stereocenters. The maximum absolute atomic E-state index is 13.1. The van der Waals surface area contributed by atoms with Crippen molar-refractivity contribution in [3.63, 3.8) is 0 Å². The van der Waals surface area contributed by atoms with Gasteiger partial charge >= 0.3 is 5.97 Å². The lowest BCUT2D eigenvalue weighted by atomic mass is 10.0. The zero-order valence-electron chi connectivity index (χ0n) is 20.6. The smallest absolute Gasteiger partial charge is 0.355 e. The van der Waals surface area contributed by atoms with E-state index in [1.807, 2.05) is 29.2 Å². The van der Waals surface area contributed by atoms with Crippen molar-refractivity contribution in [1.29, 1.82) is 0 Å². The summed E-state index contributed by atoms with van der Waals surface area (Å²) in [4.78, 5) is 68.2. The van der Waals surface area contributed by atoms with Crippen molar-refractivity contribution in [3.05, 3.63) is 29.8 Å². The molecule has 4 amide bonds. The third kappa shape index (κ3) is 8.37. The Kier molecular flexibility index (Phi) is 11.5. The number of hydrogen-bond donors (Lipinski definition) is 2. The van der Waals surface area contributed by atoms with Crippen molar-refractivity contribution in [2.75, 3.05) is 29.7 Å². The Morgan fingerprint density at radius 1 is 1.00 bits per heavy atom. The Morgan fingerprint density at radius 3 is 2.03 bits per heavy atom. The van der Waals surface area contributed by atoms with E-state index in [2.05, 4.69) is 10.6 Å². The van der Waals surface area contributed by atoms with Gasteiger partial charge in [-0.05, 0) is 23.6 Å². The summed E-state index contributed by atoms with van der Waals surface area (Å²) in [7, 11) is 0. The van der Waals surface area contributed by atoms with E-state index < -0.39 is 47.6 Å². The monoisotopic (exact) mass is 542 g/mol. The van der Waals surface area contributed by atoms with Crippen LogP contribution in [0.25, 0.3) is 0 Å². The number of halogens is 2. The van der Waals surface area contributed by atoms with Crippen LogP contribution in [0.5, 0.6) is 0 Å². The zero-order valence-corrected chi connectivity index (χ0v) is 22.1. The van der Waals surface area contributed by atoms with Crippen LogP contribution >= 0.6 is 23.2 Å². The molecule has 0 radical (unpaired) electrons. The fourth-order valence-corrected chi connectivity index (χ4v) is 4.07. The van der Waals surface area contributed by atoms with Crippen LogP contribution in [0.1, 0.15) is 39.2 Å². The second-order valence-corrected chi connectivity index (χ2v) is 9.47. The molecule has 1 aromatic rings. The van der Waals surface area contributed by atoms with Gasteiger partial charge in [0.15, 0.2) is 0 Å².